The highest BCUT2D eigenvalue weighted by atomic mass is 16.6. The number of pyridine rings is 1. The van der Waals surface area contributed by atoms with Crippen molar-refractivity contribution in [1.29, 1.82) is 0 Å². The zero-order chi connectivity index (χ0) is 16.7. The third-order valence-corrected chi connectivity index (χ3v) is 4.53. The van der Waals surface area contributed by atoms with Crippen LogP contribution in [0.2, 0.25) is 0 Å². The van der Waals surface area contributed by atoms with Crippen LogP contribution in [0.15, 0.2) is 30.6 Å². The van der Waals surface area contributed by atoms with Crippen LogP contribution >= 0.6 is 0 Å². The van der Waals surface area contributed by atoms with Crippen molar-refractivity contribution in [2.24, 2.45) is 0 Å². The zero-order valence-corrected chi connectivity index (χ0v) is 13.7. The molecule has 2 saturated heterocycles. The van der Waals surface area contributed by atoms with Gasteiger partial charge in [-0.3, -0.25) is 14.9 Å². The molecule has 2 aromatic rings. The van der Waals surface area contributed by atoms with E-state index in [2.05, 4.69) is 19.9 Å². The summed E-state index contributed by atoms with van der Waals surface area (Å²) in [5.74, 6) is 0.873. The summed E-state index contributed by atoms with van der Waals surface area (Å²) in [4.78, 5) is 29.4. The van der Waals surface area contributed by atoms with Crippen molar-refractivity contribution in [2.45, 2.75) is 32.5 Å². The van der Waals surface area contributed by atoms with E-state index < -0.39 is 0 Å². The van der Waals surface area contributed by atoms with Crippen molar-refractivity contribution in [3.63, 3.8) is 0 Å². The number of aryl methyl sites for hydroxylation is 2. The zero-order valence-electron chi connectivity index (χ0n) is 13.7. The lowest BCUT2D eigenvalue weighted by molar-refractivity contribution is 0.135. The number of nitrogens with zero attached hydrogens (tertiary/aromatic N) is 5. The van der Waals surface area contributed by atoms with Crippen molar-refractivity contribution in [3.8, 4) is 0 Å². The number of hydrogen-bond acceptors (Lipinski definition) is 6. The molecule has 24 heavy (non-hydrogen) atoms. The molecule has 4 rings (SSSR count). The quantitative estimate of drug-likeness (QED) is 0.855. The number of rotatable bonds is 3. The fourth-order valence-corrected chi connectivity index (χ4v) is 3.35. The van der Waals surface area contributed by atoms with Gasteiger partial charge in [-0.15, -0.1) is 0 Å². The number of ether oxygens (including phenoxy) is 1. The summed E-state index contributed by atoms with van der Waals surface area (Å²) in [6, 6.07) is 5.73. The maximum Gasteiger partial charge on any atom is 0.410 e. The van der Waals surface area contributed by atoms with Crippen molar-refractivity contribution < 1.29 is 9.53 Å². The Morgan fingerprint density at radius 3 is 2.92 bits per heavy atom. The van der Waals surface area contributed by atoms with E-state index in [1.54, 1.807) is 17.3 Å². The van der Waals surface area contributed by atoms with Gasteiger partial charge in [0.15, 0.2) is 5.82 Å². The maximum absolute atomic E-state index is 12.2. The molecular weight excluding hydrogens is 306 g/mol. The van der Waals surface area contributed by atoms with Crippen LogP contribution in [-0.2, 0) is 11.3 Å². The summed E-state index contributed by atoms with van der Waals surface area (Å²) < 4.78 is 5.56. The molecule has 0 saturated carbocycles. The molecule has 1 amide bonds. The summed E-state index contributed by atoms with van der Waals surface area (Å²) in [5.41, 5.74) is 2.64. The first-order valence-corrected chi connectivity index (χ1v) is 8.04. The lowest BCUT2D eigenvalue weighted by Crippen LogP contribution is -2.38. The Balaban J connectivity index is 1.54. The normalized spacial score (nSPS) is 22.7. The second kappa shape index (κ2) is 5.74. The lowest BCUT2D eigenvalue weighted by Gasteiger charge is -2.23. The van der Waals surface area contributed by atoms with Gasteiger partial charge in [0.2, 0.25) is 0 Å². The first kappa shape index (κ1) is 14.9. The molecule has 7 nitrogen and oxygen atoms in total. The number of aromatic nitrogens is 3. The van der Waals surface area contributed by atoms with Gasteiger partial charge in [0.05, 0.1) is 36.2 Å². The molecule has 0 radical (unpaired) electrons. The van der Waals surface area contributed by atoms with Crippen molar-refractivity contribution in [1.82, 2.24) is 19.9 Å². The van der Waals surface area contributed by atoms with E-state index >= 15 is 0 Å². The molecular formula is C17H19N5O2. The molecule has 2 aliphatic heterocycles. The monoisotopic (exact) mass is 325 g/mol. The molecule has 2 fully saturated rings. The summed E-state index contributed by atoms with van der Waals surface area (Å²) in [7, 11) is 0. The molecule has 0 bridgehead atoms. The Morgan fingerprint density at radius 2 is 2.12 bits per heavy atom. The molecule has 124 valence electrons. The summed E-state index contributed by atoms with van der Waals surface area (Å²) in [5, 5.41) is 0. The third kappa shape index (κ3) is 2.55. The number of carbonyl (C=O) groups is 1. The molecule has 2 aliphatic rings. The van der Waals surface area contributed by atoms with E-state index in [0.29, 0.717) is 19.6 Å². The standard InChI is InChI=1S/C17H19N5O2/c1-11-7-19-12(2)16(20-11)21-9-14-15(10-21)24-17(23)22(14)8-13-5-3-4-6-18-13/h3-7,14-15H,8-10H2,1-2H3/t14-,15+/m1/s1. The molecule has 0 N–H and O–H groups in total. The maximum atomic E-state index is 12.2. The molecule has 2 atom stereocenters. The topological polar surface area (TPSA) is 71.5 Å². The molecule has 7 heteroatoms. The second-order valence-electron chi connectivity index (χ2n) is 6.26. The van der Waals surface area contributed by atoms with Crippen LogP contribution in [0.3, 0.4) is 0 Å². The van der Waals surface area contributed by atoms with E-state index in [9.17, 15) is 4.79 Å². The van der Waals surface area contributed by atoms with Gasteiger partial charge < -0.3 is 9.64 Å². The van der Waals surface area contributed by atoms with Crippen LogP contribution in [0.4, 0.5) is 10.6 Å². The molecule has 4 heterocycles. The number of carbonyl (C=O) groups excluding carboxylic acids is 1. The minimum atomic E-state index is -0.262. The molecule has 0 spiro atoms. The highest BCUT2D eigenvalue weighted by Gasteiger charge is 2.48. The summed E-state index contributed by atoms with van der Waals surface area (Å²) in [6.07, 6.45) is 3.11. The minimum Gasteiger partial charge on any atom is -0.442 e. The van der Waals surface area contributed by atoms with Crippen LogP contribution in [0, 0.1) is 13.8 Å². The van der Waals surface area contributed by atoms with E-state index in [1.165, 1.54) is 0 Å². The highest BCUT2D eigenvalue weighted by Crippen LogP contribution is 2.31. The van der Waals surface area contributed by atoms with E-state index in [4.69, 9.17) is 4.74 Å². The smallest absolute Gasteiger partial charge is 0.410 e. The Labute approximate surface area is 140 Å². The van der Waals surface area contributed by atoms with Gasteiger partial charge in [0.1, 0.15) is 6.10 Å². The van der Waals surface area contributed by atoms with Crippen LogP contribution < -0.4 is 4.90 Å². The largest absolute Gasteiger partial charge is 0.442 e. The van der Waals surface area contributed by atoms with Crippen molar-refractivity contribution in [3.05, 3.63) is 47.7 Å². The van der Waals surface area contributed by atoms with Crippen LogP contribution in [0.1, 0.15) is 17.1 Å². The average molecular weight is 325 g/mol. The summed E-state index contributed by atoms with van der Waals surface area (Å²) in [6.45, 7) is 5.69. The van der Waals surface area contributed by atoms with Gasteiger partial charge >= 0.3 is 6.09 Å². The average Bonchev–Trinajstić information content (AvgIpc) is 3.10. The summed E-state index contributed by atoms with van der Waals surface area (Å²) >= 11 is 0. The van der Waals surface area contributed by atoms with Gasteiger partial charge in [-0.25, -0.2) is 9.78 Å². The SMILES string of the molecule is Cc1cnc(C)c(N2C[C@@H]3OC(=O)N(Cc4ccccn4)[C@@H]3C2)n1. The van der Waals surface area contributed by atoms with E-state index in [0.717, 1.165) is 22.9 Å². The Hall–Kier alpha value is -2.70. The molecule has 0 unspecified atom stereocenters. The van der Waals surface area contributed by atoms with E-state index in [1.807, 2.05) is 32.0 Å². The molecule has 0 aromatic carbocycles. The molecule has 0 aliphatic carbocycles. The van der Waals surface area contributed by atoms with Gasteiger partial charge in [0.25, 0.3) is 0 Å². The fourth-order valence-electron chi connectivity index (χ4n) is 3.35. The van der Waals surface area contributed by atoms with Gasteiger partial charge in [-0.05, 0) is 26.0 Å². The van der Waals surface area contributed by atoms with E-state index in [-0.39, 0.29) is 18.2 Å². The second-order valence-corrected chi connectivity index (χ2v) is 6.26. The fraction of sp³-hybridized carbons (Fsp3) is 0.412. The van der Waals surface area contributed by atoms with Gasteiger partial charge in [-0.2, -0.15) is 0 Å². The van der Waals surface area contributed by atoms with Crippen LogP contribution in [0.5, 0.6) is 0 Å². The molecule has 2 aromatic heterocycles. The predicted octanol–water partition coefficient (Wildman–Crippen LogP) is 1.70. The minimum absolute atomic E-state index is 0.0150. The highest BCUT2D eigenvalue weighted by molar-refractivity contribution is 5.71. The van der Waals surface area contributed by atoms with Gasteiger partial charge in [0, 0.05) is 18.9 Å². The number of fused-ring (bicyclic) bond motifs is 1. The number of hydrogen-bond donors (Lipinski definition) is 0. The first-order valence-electron chi connectivity index (χ1n) is 8.04. The Kier molecular flexibility index (Phi) is 3.55. The lowest BCUT2D eigenvalue weighted by atomic mass is 10.2. The Morgan fingerprint density at radius 1 is 1.25 bits per heavy atom. The Bertz CT molecular complexity index is 767. The van der Waals surface area contributed by atoms with Gasteiger partial charge in [-0.1, -0.05) is 6.07 Å². The first-order chi connectivity index (χ1) is 11.6. The number of amides is 1. The number of anilines is 1. The van der Waals surface area contributed by atoms with Crippen molar-refractivity contribution >= 4 is 11.9 Å². The van der Waals surface area contributed by atoms with Crippen LogP contribution in [-0.4, -0.2) is 51.2 Å². The predicted molar refractivity (Wildman–Crippen MR) is 87.6 cm³/mol. The van der Waals surface area contributed by atoms with Crippen LogP contribution in [0.25, 0.3) is 0 Å². The van der Waals surface area contributed by atoms with Crippen molar-refractivity contribution in [2.75, 3.05) is 18.0 Å². The third-order valence-electron chi connectivity index (χ3n) is 4.53.